The van der Waals surface area contributed by atoms with Crippen LogP contribution >= 0.6 is 0 Å². The zero-order valence-electron chi connectivity index (χ0n) is 14.7. The van der Waals surface area contributed by atoms with Crippen LogP contribution in [0.1, 0.15) is 68.2 Å². The highest BCUT2D eigenvalue weighted by molar-refractivity contribution is 5.88. The maximum absolute atomic E-state index is 12.0. The van der Waals surface area contributed by atoms with E-state index in [4.69, 9.17) is 0 Å². The van der Waals surface area contributed by atoms with Crippen molar-refractivity contribution in [2.45, 2.75) is 68.2 Å². The van der Waals surface area contributed by atoms with Crippen molar-refractivity contribution in [2.24, 2.45) is 35.5 Å². The number of hydrogen-bond donors (Lipinski definition) is 0. The van der Waals surface area contributed by atoms with E-state index in [1.165, 1.54) is 0 Å². The van der Waals surface area contributed by atoms with E-state index in [0.717, 1.165) is 12.8 Å². The SMILES string of the molecule is CC.CC(=O)C1C(CC(C)C)CC(C)C(C)C1C(C)=O. The van der Waals surface area contributed by atoms with Crippen LogP contribution in [-0.2, 0) is 9.59 Å². The van der Waals surface area contributed by atoms with Crippen molar-refractivity contribution in [2.75, 3.05) is 0 Å². The fourth-order valence-electron chi connectivity index (χ4n) is 3.87. The standard InChI is InChI=1S/C16H28O2.C2H6/c1-9(2)7-14-8-10(3)11(4)15(12(5)17)16(14)13(6)18;1-2/h9-11,14-16H,7-8H2,1-6H3;1-2H3. The molecule has 0 saturated heterocycles. The number of ketones is 2. The number of Topliss-reactive ketones (excluding diaryl/α,β-unsaturated/α-hetero) is 2. The second kappa shape index (κ2) is 8.59. The van der Waals surface area contributed by atoms with E-state index in [2.05, 4.69) is 27.7 Å². The Kier molecular flexibility index (Phi) is 8.30. The molecule has 0 aromatic rings. The van der Waals surface area contributed by atoms with Gasteiger partial charge in [-0.2, -0.15) is 0 Å². The minimum absolute atomic E-state index is 0.0453. The Balaban J connectivity index is 0.00000172. The van der Waals surface area contributed by atoms with Gasteiger partial charge in [0.05, 0.1) is 0 Å². The number of rotatable bonds is 4. The third kappa shape index (κ3) is 4.71. The van der Waals surface area contributed by atoms with Crippen molar-refractivity contribution in [1.82, 2.24) is 0 Å². The molecule has 0 N–H and O–H groups in total. The van der Waals surface area contributed by atoms with Gasteiger partial charge in [-0.3, -0.25) is 9.59 Å². The number of carbonyl (C=O) groups is 2. The molecular formula is C18H34O2. The molecule has 1 rings (SSSR count). The number of carbonyl (C=O) groups excluding carboxylic acids is 2. The molecule has 20 heavy (non-hydrogen) atoms. The highest BCUT2D eigenvalue weighted by Crippen LogP contribution is 2.45. The molecule has 1 fully saturated rings. The fourth-order valence-corrected chi connectivity index (χ4v) is 3.87. The average Bonchev–Trinajstić information content (AvgIpc) is 2.34. The molecule has 0 heterocycles. The molecule has 0 aromatic carbocycles. The Morgan fingerprint density at radius 3 is 1.80 bits per heavy atom. The fraction of sp³-hybridized carbons (Fsp3) is 0.889. The molecule has 1 aliphatic rings. The summed E-state index contributed by atoms with van der Waals surface area (Å²) in [6.45, 7) is 16.1. The van der Waals surface area contributed by atoms with Crippen molar-refractivity contribution in [3.63, 3.8) is 0 Å². The van der Waals surface area contributed by atoms with Crippen LogP contribution in [0.5, 0.6) is 0 Å². The van der Waals surface area contributed by atoms with E-state index >= 15 is 0 Å². The minimum Gasteiger partial charge on any atom is -0.300 e. The van der Waals surface area contributed by atoms with Gasteiger partial charge in [0.25, 0.3) is 0 Å². The highest BCUT2D eigenvalue weighted by Gasteiger charge is 2.45. The summed E-state index contributed by atoms with van der Waals surface area (Å²) in [6, 6.07) is 0. The Bertz CT molecular complexity index is 319. The second-order valence-corrected chi connectivity index (χ2v) is 6.73. The van der Waals surface area contributed by atoms with Crippen LogP contribution in [0, 0.1) is 35.5 Å². The molecule has 118 valence electrons. The van der Waals surface area contributed by atoms with Gasteiger partial charge >= 0.3 is 0 Å². The van der Waals surface area contributed by atoms with Gasteiger partial charge in [-0.25, -0.2) is 0 Å². The van der Waals surface area contributed by atoms with E-state index in [-0.39, 0.29) is 23.4 Å². The summed E-state index contributed by atoms with van der Waals surface area (Å²) >= 11 is 0. The molecule has 5 atom stereocenters. The summed E-state index contributed by atoms with van der Waals surface area (Å²) in [5.41, 5.74) is 0. The molecule has 2 heteroatoms. The van der Waals surface area contributed by atoms with Crippen LogP contribution in [0.3, 0.4) is 0 Å². The van der Waals surface area contributed by atoms with Crippen molar-refractivity contribution < 1.29 is 9.59 Å². The monoisotopic (exact) mass is 282 g/mol. The summed E-state index contributed by atoms with van der Waals surface area (Å²) in [4.78, 5) is 24.0. The zero-order chi connectivity index (χ0) is 16.0. The Morgan fingerprint density at radius 1 is 1.00 bits per heavy atom. The molecule has 0 radical (unpaired) electrons. The predicted molar refractivity (Wildman–Crippen MR) is 85.6 cm³/mol. The quantitative estimate of drug-likeness (QED) is 0.745. The van der Waals surface area contributed by atoms with Gasteiger partial charge in [-0.05, 0) is 50.4 Å². The Morgan fingerprint density at radius 2 is 1.45 bits per heavy atom. The summed E-state index contributed by atoms with van der Waals surface area (Å²) < 4.78 is 0. The molecule has 0 amide bonds. The first-order valence-electron chi connectivity index (χ1n) is 8.26. The van der Waals surface area contributed by atoms with Crippen molar-refractivity contribution in [3.05, 3.63) is 0 Å². The summed E-state index contributed by atoms with van der Waals surface area (Å²) in [6.07, 6.45) is 2.15. The topological polar surface area (TPSA) is 34.1 Å². The largest absolute Gasteiger partial charge is 0.300 e. The maximum atomic E-state index is 12.0. The number of hydrogen-bond acceptors (Lipinski definition) is 2. The second-order valence-electron chi connectivity index (χ2n) is 6.73. The van der Waals surface area contributed by atoms with Gasteiger partial charge in [-0.1, -0.05) is 41.5 Å². The third-order valence-corrected chi connectivity index (χ3v) is 4.75. The maximum Gasteiger partial charge on any atom is 0.133 e. The van der Waals surface area contributed by atoms with Crippen molar-refractivity contribution >= 4 is 11.6 Å². The van der Waals surface area contributed by atoms with Crippen LogP contribution in [-0.4, -0.2) is 11.6 Å². The van der Waals surface area contributed by atoms with Gasteiger partial charge in [0, 0.05) is 11.8 Å². The molecule has 0 bridgehead atoms. The van der Waals surface area contributed by atoms with Crippen molar-refractivity contribution in [3.8, 4) is 0 Å². The molecule has 2 nitrogen and oxygen atoms in total. The van der Waals surface area contributed by atoms with Crippen molar-refractivity contribution in [1.29, 1.82) is 0 Å². The van der Waals surface area contributed by atoms with E-state index in [1.54, 1.807) is 13.8 Å². The van der Waals surface area contributed by atoms with E-state index in [9.17, 15) is 9.59 Å². The lowest BCUT2D eigenvalue weighted by Crippen LogP contribution is -2.45. The van der Waals surface area contributed by atoms with Gasteiger partial charge in [0.15, 0.2) is 0 Å². The van der Waals surface area contributed by atoms with Gasteiger partial charge < -0.3 is 0 Å². The smallest absolute Gasteiger partial charge is 0.133 e. The molecule has 0 aliphatic heterocycles. The first kappa shape index (κ1) is 19.3. The van der Waals surface area contributed by atoms with Gasteiger partial charge in [0.1, 0.15) is 11.6 Å². The minimum atomic E-state index is -0.0602. The average molecular weight is 282 g/mol. The lowest BCUT2D eigenvalue weighted by molar-refractivity contribution is -0.139. The lowest BCUT2D eigenvalue weighted by atomic mass is 9.59. The van der Waals surface area contributed by atoms with Crippen LogP contribution in [0.2, 0.25) is 0 Å². The molecule has 1 saturated carbocycles. The molecule has 1 aliphatic carbocycles. The van der Waals surface area contributed by atoms with E-state index < -0.39 is 0 Å². The zero-order valence-corrected chi connectivity index (χ0v) is 14.7. The summed E-state index contributed by atoms with van der Waals surface area (Å²) in [5, 5.41) is 0. The first-order valence-corrected chi connectivity index (χ1v) is 8.26. The Labute approximate surface area is 125 Å². The molecule has 5 unspecified atom stereocenters. The van der Waals surface area contributed by atoms with Crippen LogP contribution < -0.4 is 0 Å². The molecule has 0 aromatic heterocycles. The highest BCUT2D eigenvalue weighted by atomic mass is 16.1. The normalized spacial score (nSPS) is 33.4. The van der Waals surface area contributed by atoms with E-state index in [1.807, 2.05) is 13.8 Å². The van der Waals surface area contributed by atoms with Crippen LogP contribution in [0.25, 0.3) is 0 Å². The third-order valence-electron chi connectivity index (χ3n) is 4.75. The lowest BCUT2D eigenvalue weighted by Gasteiger charge is -2.44. The van der Waals surface area contributed by atoms with E-state index in [0.29, 0.717) is 23.7 Å². The molecular weight excluding hydrogens is 248 g/mol. The Hall–Kier alpha value is -0.660. The first-order chi connectivity index (χ1) is 9.25. The summed E-state index contributed by atoms with van der Waals surface area (Å²) in [7, 11) is 0. The van der Waals surface area contributed by atoms with Gasteiger partial charge in [-0.15, -0.1) is 0 Å². The van der Waals surface area contributed by atoms with Crippen LogP contribution in [0.15, 0.2) is 0 Å². The summed E-state index contributed by atoms with van der Waals surface area (Å²) in [5.74, 6) is 2.15. The predicted octanol–water partition coefficient (Wildman–Crippen LogP) is 4.76. The van der Waals surface area contributed by atoms with Crippen LogP contribution in [0.4, 0.5) is 0 Å². The van der Waals surface area contributed by atoms with Gasteiger partial charge in [0.2, 0.25) is 0 Å². The molecule has 0 spiro atoms.